The third kappa shape index (κ3) is 3.77. The first-order valence-electron chi connectivity index (χ1n) is 6.04. The number of nitrogens with one attached hydrogen (secondary N) is 1. The molecular formula is C13H16Cl2N2O3. The molecule has 1 rings (SSSR count). The van der Waals surface area contributed by atoms with Gasteiger partial charge in [-0.15, -0.1) is 0 Å². The van der Waals surface area contributed by atoms with Crippen LogP contribution in [0.5, 0.6) is 0 Å². The first kappa shape index (κ1) is 16.6. The lowest BCUT2D eigenvalue weighted by Gasteiger charge is -2.24. The summed E-state index contributed by atoms with van der Waals surface area (Å²) < 4.78 is 0. The highest BCUT2D eigenvalue weighted by atomic mass is 35.5. The van der Waals surface area contributed by atoms with Crippen molar-refractivity contribution in [2.75, 3.05) is 12.4 Å². The van der Waals surface area contributed by atoms with Crippen molar-refractivity contribution in [3.05, 3.63) is 27.7 Å². The summed E-state index contributed by atoms with van der Waals surface area (Å²) in [6.45, 7) is 3.84. The highest BCUT2D eigenvalue weighted by Crippen LogP contribution is 2.30. The van der Waals surface area contributed by atoms with Gasteiger partial charge in [0.25, 0.3) is 0 Å². The van der Waals surface area contributed by atoms with Crippen LogP contribution in [0.1, 0.15) is 30.6 Å². The minimum absolute atomic E-state index is 0.0225. The maximum absolute atomic E-state index is 12.1. The molecule has 1 aromatic carbocycles. The fraction of sp³-hybridized carbons (Fsp3) is 0.385. The molecule has 110 valence electrons. The average Bonchev–Trinajstić information content (AvgIpc) is 2.39. The average molecular weight is 319 g/mol. The number of urea groups is 1. The van der Waals surface area contributed by atoms with Crippen molar-refractivity contribution in [2.45, 2.75) is 26.3 Å². The van der Waals surface area contributed by atoms with Gasteiger partial charge in [0.2, 0.25) is 0 Å². The molecule has 0 saturated carbocycles. The lowest BCUT2D eigenvalue weighted by molar-refractivity contribution is 0.0698. The van der Waals surface area contributed by atoms with Gasteiger partial charge in [0.15, 0.2) is 0 Å². The second-order valence-corrected chi connectivity index (χ2v) is 5.26. The van der Waals surface area contributed by atoms with Crippen LogP contribution < -0.4 is 5.32 Å². The second kappa shape index (κ2) is 6.81. The van der Waals surface area contributed by atoms with E-state index in [0.29, 0.717) is 0 Å². The topological polar surface area (TPSA) is 69.6 Å². The van der Waals surface area contributed by atoms with E-state index in [1.165, 1.54) is 17.0 Å². The monoisotopic (exact) mass is 318 g/mol. The molecule has 0 aliphatic rings. The van der Waals surface area contributed by atoms with E-state index in [-0.39, 0.29) is 27.3 Å². The Kier molecular flexibility index (Phi) is 5.65. The second-order valence-electron chi connectivity index (χ2n) is 4.41. The molecule has 1 aromatic rings. The van der Waals surface area contributed by atoms with E-state index >= 15 is 0 Å². The quantitative estimate of drug-likeness (QED) is 0.882. The van der Waals surface area contributed by atoms with Crippen LogP contribution >= 0.6 is 23.2 Å². The van der Waals surface area contributed by atoms with Gasteiger partial charge in [-0.25, -0.2) is 9.59 Å². The van der Waals surface area contributed by atoms with Crippen molar-refractivity contribution in [3.63, 3.8) is 0 Å². The maximum Gasteiger partial charge on any atom is 0.337 e. The number of nitrogens with zero attached hydrogens (tertiary/aromatic N) is 1. The van der Waals surface area contributed by atoms with Crippen LogP contribution in [-0.2, 0) is 0 Å². The number of carbonyl (C=O) groups is 2. The molecule has 0 spiro atoms. The number of halogens is 2. The molecule has 1 atom stereocenters. The predicted octanol–water partition coefficient (Wildman–Crippen LogP) is 3.95. The zero-order chi connectivity index (χ0) is 15.4. The standard InChI is InChI=1S/C13H16Cl2N2O3/c1-4-7(2)17(3)13(20)16-11-9(12(18)19)5-8(14)6-10(11)15/h5-7H,4H2,1-3H3,(H,16,20)(H,18,19). The van der Waals surface area contributed by atoms with Crippen LogP contribution in [0.2, 0.25) is 10.0 Å². The molecule has 0 aliphatic heterocycles. The Balaban J connectivity index is 3.09. The minimum atomic E-state index is -1.21. The normalized spacial score (nSPS) is 11.8. The summed E-state index contributed by atoms with van der Waals surface area (Å²) in [5.41, 5.74) is -0.0999. The number of rotatable bonds is 4. The van der Waals surface area contributed by atoms with E-state index in [0.717, 1.165) is 6.42 Å². The molecule has 0 heterocycles. The van der Waals surface area contributed by atoms with Gasteiger partial charge in [-0.2, -0.15) is 0 Å². The van der Waals surface area contributed by atoms with Crippen LogP contribution in [0.15, 0.2) is 12.1 Å². The number of aromatic carboxylic acids is 1. The SMILES string of the molecule is CCC(C)N(C)C(=O)Nc1c(Cl)cc(Cl)cc1C(=O)O. The van der Waals surface area contributed by atoms with Gasteiger partial charge in [0.05, 0.1) is 16.3 Å². The number of carboxylic acid groups (broad SMARTS) is 1. The van der Waals surface area contributed by atoms with Gasteiger partial charge in [-0.1, -0.05) is 30.1 Å². The summed E-state index contributed by atoms with van der Waals surface area (Å²) in [7, 11) is 1.63. The summed E-state index contributed by atoms with van der Waals surface area (Å²) in [6, 6.07) is 2.23. The van der Waals surface area contributed by atoms with Crippen LogP contribution in [-0.4, -0.2) is 35.1 Å². The molecule has 0 radical (unpaired) electrons. The number of amides is 2. The molecule has 2 amide bonds. The summed E-state index contributed by atoms with van der Waals surface area (Å²) in [5, 5.41) is 11.9. The van der Waals surface area contributed by atoms with E-state index in [9.17, 15) is 9.59 Å². The fourth-order valence-corrected chi connectivity index (χ4v) is 2.08. The van der Waals surface area contributed by atoms with E-state index in [2.05, 4.69) is 5.32 Å². The number of carboxylic acids is 1. The van der Waals surface area contributed by atoms with Gasteiger partial charge < -0.3 is 15.3 Å². The number of hydrogen-bond donors (Lipinski definition) is 2. The van der Waals surface area contributed by atoms with Crippen molar-refractivity contribution in [1.29, 1.82) is 0 Å². The Morgan fingerprint density at radius 2 is 2.00 bits per heavy atom. The van der Waals surface area contributed by atoms with Crippen LogP contribution in [0, 0.1) is 0 Å². The summed E-state index contributed by atoms with van der Waals surface area (Å²) in [6.07, 6.45) is 0.782. The van der Waals surface area contributed by atoms with E-state index in [1.807, 2.05) is 13.8 Å². The molecule has 7 heteroatoms. The smallest absolute Gasteiger partial charge is 0.337 e. The van der Waals surface area contributed by atoms with Crippen molar-refractivity contribution >= 4 is 40.9 Å². The molecular weight excluding hydrogens is 303 g/mol. The first-order valence-corrected chi connectivity index (χ1v) is 6.79. The van der Waals surface area contributed by atoms with Crippen LogP contribution in [0.4, 0.5) is 10.5 Å². The van der Waals surface area contributed by atoms with Crippen LogP contribution in [0.25, 0.3) is 0 Å². The highest BCUT2D eigenvalue weighted by Gasteiger charge is 2.20. The van der Waals surface area contributed by atoms with Gasteiger partial charge in [0, 0.05) is 18.1 Å². The molecule has 0 bridgehead atoms. The Labute approximate surface area is 127 Å². The third-order valence-electron chi connectivity index (χ3n) is 3.09. The first-order chi connectivity index (χ1) is 9.27. The van der Waals surface area contributed by atoms with Crippen molar-refractivity contribution in [2.24, 2.45) is 0 Å². The van der Waals surface area contributed by atoms with Gasteiger partial charge in [0.1, 0.15) is 0 Å². The summed E-state index contributed by atoms with van der Waals surface area (Å²) >= 11 is 11.7. The number of carbonyl (C=O) groups excluding carboxylic acids is 1. The van der Waals surface area contributed by atoms with E-state index in [4.69, 9.17) is 28.3 Å². The van der Waals surface area contributed by atoms with Crippen molar-refractivity contribution in [3.8, 4) is 0 Å². The largest absolute Gasteiger partial charge is 0.478 e. The van der Waals surface area contributed by atoms with E-state index in [1.54, 1.807) is 7.05 Å². The fourth-order valence-electron chi connectivity index (χ4n) is 1.54. The summed E-state index contributed by atoms with van der Waals surface area (Å²) in [5.74, 6) is -1.21. The molecule has 0 aromatic heterocycles. The predicted molar refractivity (Wildman–Crippen MR) is 80.0 cm³/mol. The molecule has 20 heavy (non-hydrogen) atoms. The van der Waals surface area contributed by atoms with E-state index < -0.39 is 12.0 Å². The third-order valence-corrected chi connectivity index (χ3v) is 3.61. The summed E-state index contributed by atoms with van der Waals surface area (Å²) in [4.78, 5) is 24.7. The molecule has 2 N–H and O–H groups in total. The Hall–Kier alpha value is -1.46. The highest BCUT2D eigenvalue weighted by molar-refractivity contribution is 6.37. The molecule has 0 fully saturated rings. The van der Waals surface area contributed by atoms with Gasteiger partial charge in [-0.3, -0.25) is 0 Å². The Bertz CT molecular complexity index is 535. The maximum atomic E-state index is 12.1. The number of anilines is 1. The van der Waals surface area contributed by atoms with Crippen molar-refractivity contribution < 1.29 is 14.7 Å². The zero-order valence-electron chi connectivity index (χ0n) is 11.4. The lowest BCUT2D eigenvalue weighted by Crippen LogP contribution is -2.38. The molecule has 0 aliphatic carbocycles. The molecule has 0 saturated heterocycles. The Morgan fingerprint density at radius 1 is 1.40 bits per heavy atom. The molecule has 1 unspecified atom stereocenters. The minimum Gasteiger partial charge on any atom is -0.478 e. The Morgan fingerprint density at radius 3 is 2.50 bits per heavy atom. The van der Waals surface area contributed by atoms with Gasteiger partial charge >= 0.3 is 12.0 Å². The number of hydrogen-bond acceptors (Lipinski definition) is 2. The molecule has 5 nitrogen and oxygen atoms in total. The van der Waals surface area contributed by atoms with Crippen LogP contribution in [0.3, 0.4) is 0 Å². The lowest BCUT2D eigenvalue weighted by atomic mass is 10.1. The number of benzene rings is 1. The van der Waals surface area contributed by atoms with Gasteiger partial charge in [-0.05, 0) is 25.5 Å². The zero-order valence-corrected chi connectivity index (χ0v) is 12.9. The van der Waals surface area contributed by atoms with Crippen molar-refractivity contribution in [1.82, 2.24) is 4.90 Å².